The summed E-state index contributed by atoms with van der Waals surface area (Å²) in [5, 5.41) is 0. The molecule has 0 bridgehead atoms. The quantitative estimate of drug-likeness (QED) is 0.584. The number of carbonyl (C=O) groups is 2. The lowest BCUT2D eigenvalue weighted by molar-refractivity contribution is -0.132. The number of aliphatic imine (C=N–C) groups is 1. The Balaban J connectivity index is 2.05. The van der Waals surface area contributed by atoms with E-state index in [4.69, 9.17) is 9.47 Å². The van der Waals surface area contributed by atoms with Gasteiger partial charge in [-0.2, -0.15) is 4.99 Å². The lowest BCUT2D eigenvalue weighted by Gasteiger charge is -2.06. The van der Waals surface area contributed by atoms with Gasteiger partial charge in [-0.05, 0) is 11.1 Å². The standard InChI is InChI=1S/C17H17N3O5/c1-23-15(21)14(8-13-9-18-16(24-2)19-10-13)20-17(22)25-11-12-6-4-3-5-7-12/h3-7,9-10H,8,11H2,1-2H3. The Morgan fingerprint density at radius 2 is 1.72 bits per heavy atom. The molecule has 0 unspecified atom stereocenters. The molecule has 0 aliphatic carbocycles. The van der Waals surface area contributed by atoms with Gasteiger partial charge in [0, 0.05) is 18.8 Å². The molecule has 1 heterocycles. The van der Waals surface area contributed by atoms with Crippen LogP contribution in [0, 0.1) is 0 Å². The molecule has 0 fully saturated rings. The van der Waals surface area contributed by atoms with Gasteiger partial charge in [0.2, 0.25) is 0 Å². The first-order chi connectivity index (χ1) is 12.1. The van der Waals surface area contributed by atoms with E-state index < -0.39 is 12.1 Å². The van der Waals surface area contributed by atoms with Gasteiger partial charge < -0.3 is 14.2 Å². The third kappa shape index (κ3) is 5.69. The van der Waals surface area contributed by atoms with Crippen molar-refractivity contribution in [3.8, 4) is 6.01 Å². The third-order valence-electron chi connectivity index (χ3n) is 3.09. The second kappa shape index (κ2) is 9.11. The van der Waals surface area contributed by atoms with E-state index in [2.05, 4.69) is 19.7 Å². The van der Waals surface area contributed by atoms with Gasteiger partial charge in [-0.3, -0.25) is 0 Å². The maximum Gasteiger partial charge on any atom is 0.434 e. The van der Waals surface area contributed by atoms with E-state index in [0.717, 1.165) is 5.56 Å². The molecule has 1 aromatic heterocycles. The van der Waals surface area contributed by atoms with Crippen molar-refractivity contribution in [1.82, 2.24) is 9.97 Å². The highest BCUT2D eigenvalue weighted by Crippen LogP contribution is 2.06. The normalized spacial score (nSPS) is 10.9. The van der Waals surface area contributed by atoms with Gasteiger partial charge in [0.25, 0.3) is 0 Å². The van der Waals surface area contributed by atoms with Crippen LogP contribution in [0.15, 0.2) is 47.7 Å². The highest BCUT2D eigenvalue weighted by Gasteiger charge is 2.16. The Kier molecular flexibility index (Phi) is 6.58. The fourth-order valence-corrected chi connectivity index (χ4v) is 1.87. The molecule has 1 aromatic carbocycles. The first-order valence-electron chi connectivity index (χ1n) is 7.34. The second-order valence-electron chi connectivity index (χ2n) is 4.85. The highest BCUT2D eigenvalue weighted by atomic mass is 16.5. The zero-order valence-electron chi connectivity index (χ0n) is 13.8. The van der Waals surface area contributed by atoms with Gasteiger partial charge in [0.15, 0.2) is 0 Å². The number of esters is 1. The van der Waals surface area contributed by atoms with Gasteiger partial charge >= 0.3 is 18.1 Å². The molecule has 0 saturated carbocycles. The summed E-state index contributed by atoms with van der Waals surface area (Å²) in [7, 11) is 2.65. The number of aromatic nitrogens is 2. The largest absolute Gasteiger partial charge is 0.467 e. The van der Waals surface area contributed by atoms with E-state index >= 15 is 0 Å². The van der Waals surface area contributed by atoms with Crippen LogP contribution in [0.2, 0.25) is 0 Å². The maximum atomic E-state index is 11.9. The predicted octanol–water partition coefficient (Wildman–Crippen LogP) is 1.98. The monoisotopic (exact) mass is 343 g/mol. The Labute approximate surface area is 144 Å². The highest BCUT2D eigenvalue weighted by molar-refractivity contribution is 6.38. The zero-order valence-corrected chi connectivity index (χ0v) is 13.8. The number of hydrogen-bond donors (Lipinski definition) is 0. The van der Waals surface area contributed by atoms with Crippen LogP contribution in [0.3, 0.4) is 0 Å². The Hall–Kier alpha value is -3.29. The second-order valence-corrected chi connectivity index (χ2v) is 4.85. The number of carbonyl (C=O) groups excluding carboxylic acids is 2. The molecule has 1 amide bonds. The lowest BCUT2D eigenvalue weighted by atomic mass is 10.1. The van der Waals surface area contributed by atoms with Crippen LogP contribution in [0.5, 0.6) is 6.01 Å². The summed E-state index contributed by atoms with van der Waals surface area (Å²) >= 11 is 0. The summed E-state index contributed by atoms with van der Waals surface area (Å²) in [4.78, 5) is 35.3. The average Bonchev–Trinajstić information content (AvgIpc) is 2.66. The Morgan fingerprint density at radius 1 is 1.04 bits per heavy atom. The minimum Gasteiger partial charge on any atom is -0.467 e. The van der Waals surface area contributed by atoms with E-state index in [0.29, 0.717) is 5.56 Å². The molecule has 8 nitrogen and oxygen atoms in total. The van der Waals surface area contributed by atoms with E-state index in [9.17, 15) is 9.59 Å². The minimum absolute atomic E-state index is 0.0249. The Bertz CT molecular complexity index is 745. The number of rotatable bonds is 6. The molecule has 130 valence electrons. The SMILES string of the molecule is COC(=O)C(Cc1cnc(OC)nc1)=NC(=O)OCc1ccccc1. The molecule has 0 spiro atoms. The lowest BCUT2D eigenvalue weighted by Crippen LogP contribution is -2.20. The molecular formula is C17H17N3O5. The van der Waals surface area contributed by atoms with Crippen LogP contribution in [-0.2, 0) is 27.3 Å². The van der Waals surface area contributed by atoms with Crippen molar-refractivity contribution in [1.29, 1.82) is 0 Å². The summed E-state index contributed by atoms with van der Waals surface area (Å²) in [5.41, 5.74) is 1.28. The van der Waals surface area contributed by atoms with Crippen molar-refractivity contribution in [3.63, 3.8) is 0 Å². The zero-order chi connectivity index (χ0) is 18.1. The first kappa shape index (κ1) is 18.1. The van der Waals surface area contributed by atoms with Crippen LogP contribution >= 0.6 is 0 Å². The molecule has 0 aliphatic rings. The van der Waals surface area contributed by atoms with Crippen molar-refractivity contribution in [2.45, 2.75) is 13.0 Å². The van der Waals surface area contributed by atoms with Crippen molar-refractivity contribution in [3.05, 3.63) is 53.9 Å². The summed E-state index contributed by atoms with van der Waals surface area (Å²) in [6.45, 7) is 0.0588. The van der Waals surface area contributed by atoms with Gasteiger partial charge in [0.05, 0.1) is 14.2 Å². The molecule has 0 saturated heterocycles. The van der Waals surface area contributed by atoms with E-state index in [-0.39, 0.29) is 24.7 Å². The fraction of sp³-hybridized carbons (Fsp3) is 0.235. The van der Waals surface area contributed by atoms with E-state index in [1.807, 2.05) is 30.3 Å². The van der Waals surface area contributed by atoms with E-state index in [1.54, 1.807) is 0 Å². The minimum atomic E-state index is -0.876. The van der Waals surface area contributed by atoms with E-state index in [1.165, 1.54) is 26.6 Å². The van der Waals surface area contributed by atoms with Crippen molar-refractivity contribution >= 4 is 17.8 Å². The molecule has 0 aliphatic heterocycles. The summed E-state index contributed by atoms with van der Waals surface area (Å²) in [6.07, 6.45) is 2.09. The summed E-state index contributed by atoms with van der Waals surface area (Å²) in [6, 6.07) is 9.34. The van der Waals surface area contributed by atoms with Crippen molar-refractivity contribution in [2.24, 2.45) is 4.99 Å². The molecule has 2 aromatic rings. The van der Waals surface area contributed by atoms with Crippen LogP contribution in [0.25, 0.3) is 0 Å². The van der Waals surface area contributed by atoms with Gasteiger partial charge in [0.1, 0.15) is 12.3 Å². The third-order valence-corrected chi connectivity index (χ3v) is 3.09. The molecule has 25 heavy (non-hydrogen) atoms. The molecule has 2 rings (SSSR count). The van der Waals surface area contributed by atoms with Gasteiger partial charge in [-0.1, -0.05) is 30.3 Å². The molecule has 8 heteroatoms. The average molecular weight is 343 g/mol. The smallest absolute Gasteiger partial charge is 0.434 e. The predicted molar refractivity (Wildman–Crippen MR) is 88.4 cm³/mol. The molecule has 0 N–H and O–H groups in total. The fourth-order valence-electron chi connectivity index (χ4n) is 1.87. The number of amides is 1. The van der Waals surface area contributed by atoms with Crippen molar-refractivity contribution in [2.75, 3.05) is 14.2 Å². The summed E-state index contributed by atoms with van der Waals surface area (Å²) < 4.78 is 14.6. The van der Waals surface area contributed by atoms with Gasteiger partial charge in [-0.25, -0.2) is 19.6 Å². The Morgan fingerprint density at radius 3 is 2.32 bits per heavy atom. The molecular weight excluding hydrogens is 326 g/mol. The number of ether oxygens (including phenoxy) is 3. The maximum absolute atomic E-state index is 11.9. The van der Waals surface area contributed by atoms with Gasteiger partial charge in [-0.15, -0.1) is 0 Å². The molecule has 0 atom stereocenters. The van der Waals surface area contributed by atoms with Crippen LogP contribution in [0.4, 0.5) is 4.79 Å². The number of methoxy groups -OCH3 is 2. The number of hydrogen-bond acceptors (Lipinski definition) is 7. The van der Waals surface area contributed by atoms with Crippen LogP contribution in [-0.4, -0.2) is 42.0 Å². The number of benzene rings is 1. The van der Waals surface area contributed by atoms with Crippen LogP contribution < -0.4 is 4.74 Å². The number of nitrogens with zero attached hydrogens (tertiary/aromatic N) is 3. The first-order valence-corrected chi connectivity index (χ1v) is 7.34. The topological polar surface area (TPSA) is 100.0 Å². The summed E-state index contributed by atoms with van der Waals surface area (Å²) in [5.74, 6) is -0.729. The van der Waals surface area contributed by atoms with Crippen LogP contribution in [0.1, 0.15) is 11.1 Å². The molecule has 0 radical (unpaired) electrons. The van der Waals surface area contributed by atoms with Crippen molar-refractivity contribution < 1.29 is 23.8 Å².